The summed E-state index contributed by atoms with van der Waals surface area (Å²) < 4.78 is 28.2. The molecule has 0 aliphatic heterocycles. The molecule has 9 heteroatoms. The van der Waals surface area contributed by atoms with Crippen LogP contribution < -0.4 is 10.6 Å². The van der Waals surface area contributed by atoms with E-state index in [4.69, 9.17) is 0 Å². The van der Waals surface area contributed by atoms with E-state index in [9.17, 15) is 13.6 Å². The predicted octanol–water partition coefficient (Wildman–Crippen LogP) is 4.23. The van der Waals surface area contributed by atoms with Crippen molar-refractivity contribution >= 4 is 28.4 Å². The summed E-state index contributed by atoms with van der Waals surface area (Å²) in [5, 5.41) is 9.68. The molecule has 3 aromatic rings. The van der Waals surface area contributed by atoms with Crippen molar-refractivity contribution in [3.8, 4) is 0 Å². The average Bonchev–Trinajstić information content (AvgIpc) is 3.24. The fraction of sp³-hybridized carbons (Fsp3) is 0.389. The van der Waals surface area contributed by atoms with Crippen LogP contribution in [0.5, 0.6) is 0 Å². The van der Waals surface area contributed by atoms with Gasteiger partial charge in [-0.1, -0.05) is 0 Å². The number of amides is 2. The molecular weight excluding hydrogens is 354 g/mol. The van der Waals surface area contributed by atoms with Crippen LogP contribution in [0.1, 0.15) is 25.7 Å². The van der Waals surface area contributed by atoms with Gasteiger partial charge >= 0.3 is 6.03 Å². The third-order valence-corrected chi connectivity index (χ3v) is 4.86. The first kappa shape index (κ1) is 17.4. The number of hydrogen-bond acceptors (Lipinski definition) is 3. The topological polar surface area (TPSA) is 87.6 Å². The number of aromatic nitrogens is 4. The molecule has 3 N–H and O–H groups in total. The number of halogens is 2. The number of aromatic amines is 1. The first-order chi connectivity index (χ1) is 13.0. The first-order valence-electron chi connectivity index (χ1n) is 8.89. The van der Waals surface area contributed by atoms with Crippen molar-refractivity contribution in [2.75, 3.05) is 10.6 Å². The maximum absolute atomic E-state index is 13.2. The van der Waals surface area contributed by atoms with Crippen LogP contribution in [0.2, 0.25) is 0 Å². The quantitative estimate of drug-likeness (QED) is 0.639. The highest BCUT2D eigenvalue weighted by Crippen LogP contribution is 2.36. The lowest BCUT2D eigenvalue weighted by atomic mass is 9.87. The number of carbonyl (C=O) groups is 1. The van der Waals surface area contributed by atoms with Gasteiger partial charge in [0.05, 0.1) is 23.1 Å². The van der Waals surface area contributed by atoms with E-state index in [-0.39, 0.29) is 18.8 Å². The number of hydrogen-bond donors (Lipinski definition) is 3. The highest BCUT2D eigenvalue weighted by molar-refractivity contribution is 6.04. The van der Waals surface area contributed by atoms with Gasteiger partial charge < -0.3 is 15.6 Å². The van der Waals surface area contributed by atoms with Crippen LogP contribution >= 0.6 is 0 Å². The third-order valence-electron chi connectivity index (χ3n) is 4.86. The van der Waals surface area contributed by atoms with Crippen molar-refractivity contribution in [3.05, 3.63) is 36.9 Å². The molecule has 1 fully saturated rings. The normalized spacial score (nSPS) is 17.1. The zero-order chi connectivity index (χ0) is 18.9. The lowest BCUT2D eigenvalue weighted by Gasteiger charge is -2.28. The van der Waals surface area contributed by atoms with Gasteiger partial charge in [-0.15, -0.1) is 0 Å². The largest absolute Gasteiger partial charge is 0.358 e. The minimum absolute atomic E-state index is 0.0644. The molecule has 0 bridgehead atoms. The van der Waals surface area contributed by atoms with Crippen LogP contribution in [0.4, 0.5) is 25.0 Å². The SMILES string of the molecule is O=C(Nc1cnn(CC2CCC(F)(F)CC2)c1)Nc1c[nH]c2cccnc12. The van der Waals surface area contributed by atoms with E-state index in [1.165, 1.54) is 0 Å². The van der Waals surface area contributed by atoms with Gasteiger partial charge in [-0.05, 0) is 30.9 Å². The minimum Gasteiger partial charge on any atom is -0.358 e. The number of H-pyrrole nitrogens is 1. The molecule has 0 radical (unpaired) electrons. The number of nitrogens with zero attached hydrogens (tertiary/aromatic N) is 3. The number of carbonyl (C=O) groups excluding carboxylic acids is 1. The zero-order valence-corrected chi connectivity index (χ0v) is 14.6. The Morgan fingerprint density at radius 2 is 2.15 bits per heavy atom. The third kappa shape index (κ3) is 4.07. The molecule has 1 saturated carbocycles. The summed E-state index contributed by atoms with van der Waals surface area (Å²) in [5.74, 6) is -2.34. The van der Waals surface area contributed by atoms with E-state index in [2.05, 4.69) is 25.7 Å². The molecule has 0 aromatic carbocycles. The summed E-state index contributed by atoms with van der Waals surface area (Å²) >= 11 is 0. The molecule has 0 atom stereocenters. The standard InChI is InChI=1S/C18H20F2N6O/c19-18(20)5-3-12(4-6-18)10-26-11-13(8-23-26)24-17(27)25-15-9-22-14-2-1-7-21-16(14)15/h1-2,7-9,11-12,22H,3-6,10H2,(H2,24,25,27). The second kappa shape index (κ2) is 6.98. The van der Waals surface area contributed by atoms with E-state index >= 15 is 0 Å². The molecule has 1 aliphatic carbocycles. The van der Waals surface area contributed by atoms with Crippen LogP contribution in [0.15, 0.2) is 36.9 Å². The maximum atomic E-state index is 13.2. The van der Waals surface area contributed by atoms with E-state index in [1.807, 2.05) is 12.1 Å². The Hall–Kier alpha value is -2.97. The van der Waals surface area contributed by atoms with Gasteiger partial charge in [0.1, 0.15) is 5.52 Å². The molecule has 3 heterocycles. The molecular formula is C18H20F2N6O. The van der Waals surface area contributed by atoms with Crippen molar-refractivity contribution in [1.29, 1.82) is 0 Å². The summed E-state index contributed by atoms with van der Waals surface area (Å²) in [6, 6.07) is 3.28. The lowest BCUT2D eigenvalue weighted by Crippen LogP contribution is -2.26. The number of pyridine rings is 1. The molecule has 0 saturated heterocycles. The zero-order valence-electron chi connectivity index (χ0n) is 14.6. The second-order valence-electron chi connectivity index (χ2n) is 6.93. The number of nitrogens with one attached hydrogen (secondary N) is 3. The molecule has 27 heavy (non-hydrogen) atoms. The van der Waals surface area contributed by atoms with E-state index in [0.717, 1.165) is 5.52 Å². The highest BCUT2D eigenvalue weighted by atomic mass is 19.3. The van der Waals surface area contributed by atoms with Crippen molar-refractivity contribution in [2.24, 2.45) is 5.92 Å². The van der Waals surface area contributed by atoms with Gasteiger partial charge in [0.15, 0.2) is 0 Å². The van der Waals surface area contributed by atoms with Crippen LogP contribution in [0, 0.1) is 5.92 Å². The van der Waals surface area contributed by atoms with Crippen molar-refractivity contribution in [2.45, 2.75) is 38.2 Å². The molecule has 2 amide bonds. The lowest BCUT2D eigenvalue weighted by molar-refractivity contribution is -0.0476. The first-order valence-corrected chi connectivity index (χ1v) is 8.89. The Balaban J connectivity index is 1.33. The number of urea groups is 1. The molecule has 3 aromatic heterocycles. The number of alkyl halides is 2. The number of fused-ring (bicyclic) bond motifs is 1. The number of anilines is 2. The van der Waals surface area contributed by atoms with Gasteiger partial charge in [0.2, 0.25) is 5.92 Å². The Labute approximate surface area is 154 Å². The Morgan fingerprint density at radius 1 is 1.33 bits per heavy atom. The van der Waals surface area contributed by atoms with Gasteiger partial charge in [-0.2, -0.15) is 5.10 Å². The molecule has 7 nitrogen and oxygen atoms in total. The smallest absolute Gasteiger partial charge is 0.323 e. The fourth-order valence-electron chi connectivity index (χ4n) is 3.41. The van der Waals surface area contributed by atoms with Crippen LogP contribution in [-0.2, 0) is 6.54 Å². The van der Waals surface area contributed by atoms with Gasteiger partial charge in [-0.3, -0.25) is 9.67 Å². The summed E-state index contributed by atoms with van der Waals surface area (Å²) in [6.07, 6.45) is 7.44. The average molecular weight is 374 g/mol. The Kier molecular flexibility index (Phi) is 4.51. The summed E-state index contributed by atoms with van der Waals surface area (Å²) in [5.41, 5.74) is 2.64. The summed E-state index contributed by atoms with van der Waals surface area (Å²) in [6.45, 7) is 0.575. The van der Waals surface area contributed by atoms with Crippen molar-refractivity contribution in [3.63, 3.8) is 0 Å². The second-order valence-corrected chi connectivity index (χ2v) is 6.93. The summed E-state index contributed by atoms with van der Waals surface area (Å²) in [7, 11) is 0. The molecule has 0 unspecified atom stereocenters. The van der Waals surface area contributed by atoms with E-state index < -0.39 is 12.0 Å². The van der Waals surface area contributed by atoms with Crippen LogP contribution in [-0.4, -0.2) is 31.7 Å². The van der Waals surface area contributed by atoms with E-state index in [1.54, 1.807) is 29.5 Å². The minimum atomic E-state index is -2.53. The van der Waals surface area contributed by atoms with Crippen molar-refractivity contribution < 1.29 is 13.6 Å². The van der Waals surface area contributed by atoms with Crippen molar-refractivity contribution in [1.82, 2.24) is 19.7 Å². The Morgan fingerprint density at radius 3 is 2.96 bits per heavy atom. The van der Waals surface area contributed by atoms with Gasteiger partial charge in [0, 0.05) is 38.0 Å². The highest BCUT2D eigenvalue weighted by Gasteiger charge is 2.34. The fourth-order valence-corrected chi connectivity index (χ4v) is 3.41. The molecule has 142 valence electrons. The van der Waals surface area contributed by atoms with Crippen LogP contribution in [0.25, 0.3) is 11.0 Å². The Bertz CT molecular complexity index is 940. The van der Waals surface area contributed by atoms with Crippen LogP contribution in [0.3, 0.4) is 0 Å². The molecule has 4 rings (SSSR count). The predicted molar refractivity (Wildman–Crippen MR) is 97.9 cm³/mol. The maximum Gasteiger partial charge on any atom is 0.323 e. The van der Waals surface area contributed by atoms with Gasteiger partial charge in [-0.25, -0.2) is 13.6 Å². The summed E-state index contributed by atoms with van der Waals surface area (Å²) in [4.78, 5) is 19.5. The molecule has 0 spiro atoms. The van der Waals surface area contributed by atoms with E-state index in [0.29, 0.717) is 36.3 Å². The molecule has 1 aliphatic rings. The monoisotopic (exact) mass is 374 g/mol. The number of rotatable bonds is 4. The van der Waals surface area contributed by atoms with Gasteiger partial charge in [0.25, 0.3) is 0 Å².